The number of carbonyl (C=O) groups is 1. The second-order valence-corrected chi connectivity index (χ2v) is 1.56. The second-order valence-electron chi connectivity index (χ2n) is 1.56. The quantitative estimate of drug-likeness (QED) is 0.332. The van der Waals surface area contributed by atoms with Crippen molar-refractivity contribution in [1.82, 2.24) is 0 Å². The van der Waals surface area contributed by atoms with Crippen LogP contribution in [0.1, 0.15) is 13.3 Å². The first-order chi connectivity index (χ1) is 4.57. The topological polar surface area (TPSA) is 69.4 Å². The van der Waals surface area contributed by atoms with E-state index >= 15 is 0 Å². The minimum Gasteiger partial charge on any atom is -0.263 e. The van der Waals surface area contributed by atoms with Crippen LogP contribution in [0, 0.1) is 10.1 Å². The largest absolute Gasteiger partial charge is 0.329 e. The third-order valence-electron chi connectivity index (χ3n) is 0.873. The lowest BCUT2D eigenvalue weighted by atomic mass is 10.2. The predicted molar refractivity (Wildman–Crippen MR) is 32.5 cm³/mol. The molecule has 0 heterocycles. The van der Waals surface area contributed by atoms with Gasteiger partial charge in [-0.3, -0.25) is 4.79 Å². The second kappa shape index (κ2) is 3.60. The van der Waals surface area contributed by atoms with E-state index < -0.39 is 11.1 Å². The molecule has 56 valence electrons. The molecule has 0 fully saturated rings. The number of hydrogen-bond donors (Lipinski definition) is 0. The van der Waals surface area contributed by atoms with E-state index in [0.717, 1.165) is 0 Å². The molecule has 0 saturated heterocycles. The molecule has 0 aromatic heterocycles. The first-order valence-corrected chi connectivity index (χ1v) is 2.62. The summed E-state index contributed by atoms with van der Waals surface area (Å²) >= 11 is 0. The molecule has 0 unspecified atom stereocenters. The lowest BCUT2D eigenvalue weighted by Crippen LogP contribution is -2.11. The van der Waals surface area contributed by atoms with Crippen molar-refractivity contribution in [3.05, 3.63) is 22.3 Å². The van der Waals surface area contributed by atoms with Crippen molar-refractivity contribution in [2.24, 2.45) is 0 Å². The normalized spacial score (nSPS) is 8.50. The molecule has 0 rings (SSSR count). The van der Waals surface area contributed by atoms with Crippen LogP contribution >= 0.6 is 0 Å². The fraction of sp³-hybridized carbons (Fsp3) is 0.400. The van der Waals surface area contributed by atoms with E-state index in [9.17, 15) is 14.9 Å². The van der Waals surface area contributed by atoms with E-state index in [1.165, 1.54) is 0 Å². The molecule has 0 aromatic carbocycles. The maximum atomic E-state index is 10.4. The van der Waals surface area contributed by atoms with Gasteiger partial charge in [-0.2, -0.15) is 0 Å². The minimum atomic E-state index is -1.15. The Morgan fingerprint density at radius 1 is 1.80 bits per heavy atom. The van der Waals surface area contributed by atoms with Crippen LogP contribution in [-0.4, -0.2) is 11.1 Å². The van der Waals surface area contributed by atoms with E-state index in [1.807, 2.05) is 0 Å². The van der Waals surface area contributed by atoms with Gasteiger partial charge < -0.3 is 0 Å². The third kappa shape index (κ3) is 2.81. The van der Waals surface area contributed by atoms with Gasteiger partial charge in [-0.15, -0.1) is 10.1 Å². The van der Waals surface area contributed by atoms with Crippen LogP contribution < -0.4 is 0 Å². The zero-order valence-corrected chi connectivity index (χ0v) is 5.49. The van der Waals surface area contributed by atoms with Crippen LogP contribution in [0.25, 0.3) is 0 Å². The molecule has 0 atom stereocenters. The molecule has 0 saturated carbocycles. The Kier molecular flexibility index (Phi) is 3.10. The summed E-state index contributed by atoms with van der Waals surface area (Å²) in [7, 11) is 0. The first kappa shape index (κ1) is 8.61. The Morgan fingerprint density at radius 2 is 2.30 bits per heavy atom. The van der Waals surface area contributed by atoms with Crippen molar-refractivity contribution < 1.29 is 14.7 Å². The molecular weight excluding hydrogens is 138 g/mol. The SMILES string of the molecule is C=C(CC)C(=O)O[N+](=O)[O-]. The average Bonchev–Trinajstić information content (AvgIpc) is 1.85. The molecule has 0 spiro atoms. The zero-order valence-electron chi connectivity index (χ0n) is 5.49. The van der Waals surface area contributed by atoms with Gasteiger partial charge >= 0.3 is 11.1 Å². The molecule has 0 radical (unpaired) electrons. The molecule has 0 aliphatic heterocycles. The summed E-state index contributed by atoms with van der Waals surface area (Å²) in [5.74, 6) is -0.979. The monoisotopic (exact) mass is 145 g/mol. The summed E-state index contributed by atoms with van der Waals surface area (Å²) in [4.78, 5) is 23.6. The standard InChI is InChI=1S/C5H7NO4/c1-3-4(2)5(7)10-6(8)9/h2-3H2,1H3. The zero-order chi connectivity index (χ0) is 8.15. The van der Waals surface area contributed by atoms with E-state index in [4.69, 9.17) is 0 Å². The number of carbonyl (C=O) groups excluding carboxylic acids is 1. The van der Waals surface area contributed by atoms with Crippen LogP contribution in [0.5, 0.6) is 0 Å². The molecule has 0 aliphatic rings. The van der Waals surface area contributed by atoms with Gasteiger partial charge in [0.15, 0.2) is 0 Å². The Labute approximate surface area is 57.4 Å². The highest BCUT2D eigenvalue weighted by atomic mass is 17.0. The number of hydrogen-bond acceptors (Lipinski definition) is 4. The van der Waals surface area contributed by atoms with E-state index in [1.54, 1.807) is 6.92 Å². The number of nitrogens with zero attached hydrogens (tertiary/aromatic N) is 1. The summed E-state index contributed by atoms with van der Waals surface area (Å²) in [6.07, 6.45) is 0.354. The molecule has 0 N–H and O–H groups in total. The van der Waals surface area contributed by atoms with Gasteiger partial charge in [0, 0.05) is 5.57 Å². The minimum absolute atomic E-state index is 0.0942. The Morgan fingerprint density at radius 3 is 2.60 bits per heavy atom. The van der Waals surface area contributed by atoms with Gasteiger partial charge in [-0.05, 0) is 6.42 Å². The van der Waals surface area contributed by atoms with E-state index in [-0.39, 0.29) is 5.57 Å². The van der Waals surface area contributed by atoms with Gasteiger partial charge in [0.1, 0.15) is 0 Å². The molecule has 0 aromatic rings. The van der Waals surface area contributed by atoms with Crippen LogP contribution in [0.4, 0.5) is 0 Å². The summed E-state index contributed by atoms with van der Waals surface area (Å²) in [6, 6.07) is 0. The summed E-state index contributed by atoms with van der Waals surface area (Å²) in [5, 5.41) is 8.40. The molecular formula is C5H7NO4. The number of rotatable bonds is 3. The summed E-state index contributed by atoms with van der Waals surface area (Å²) in [5.41, 5.74) is 0.0942. The van der Waals surface area contributed by atoms with Crippen LogP contribution in [0.15, 0.2) is 12.2 Å². The van der Waals surface area contributed by atoms with E-state index in [2.05, 4.69) is 11.4 Å². The van der Waals surface area contributed by atoms with Crippen LogP contribution in [0.3, 0.4) is 0 Å². The Balaban J connectivity index is 3.86. The van der Waals surface area contributed by atoms with Crippen molar-refractivity contribution in [1.29, 1.82) is 0 Å². The highest BCUT2D eigenvalue weighted by Gasteiger charge is 2.08. The van der Waals surface area contributed by atoms with Crippen LogP contribution in [-0.2, 0) is 9.63 Å². The first-order valence-electron chi connectivity index (χ1n) is 2.62. The van der Waals surface area contributed by atoms with Gasteiger partial charge in [0.25, 0.3) is 0 Å². The fourth-order valence-corrected chi connectivity index (χ4v) is 0.277. The Bertz CT molecular complexity index is 174. The average molecular weight is 145 g/mol. The van der Waals surface area contributed by atoms with Crippen molar-refractivity contribution in [2.45, 2.75) is 13.3 Å². The lowest BCUT2D eigenvalue weighted by molar-refractivity contribution is -0.728. The maximum Gasteiger partial charge on any atom is 0.329 e. The van der Waals surface area contributed by atoms with Gasteiger partial charge in [-0.25, -0.2) is 4.84 Å². The molecule has 0 aliphatic carbocycles. The van der Waals surface area contributed by atoms with Crippen LogP contribution in [0.2, 0.25) is 0 Å². The molecule has 0 bridgehead atoms. The molecule has 5 nitrogen and oxygen atoms in total. The fourth-order valence-electron chi connectivity index (χ4n) is 0.277. The lowest BCUT2D eigenvalue weighted by Gasteiger charge is -1.95. The van der Waals surface area contributed by atoms with Gasteiger partial charge in [-0.1, -0.05) is 13.5 Å². The predicted octanol–water partition coefficient (Wildman–Crippen LogP) is 0.688. The summed E-state index contributed by atoms with van der Waals surface area (Å²) < 4.78 is 0. The van der Waals surface area contributed by atoms with Crippen molar-refractivity contribution in [2.75, 3.05) is 0 Å². The molecule has 5 heteroatoms. The summed E-state index contributed by atoms with van der Waals surface area (Å²) in [6.45, 7) is 4.90. The third-order valence-corrected chi connectivity index (χ3v) is 0.873. The smallest absolute Gasteiger partial charge is 0.263 e. The van der Waals surface area contributed by atoms with Gasteiger partial charge in [0.05, 0.1) is 0 Å². The highest BCUT2D eigenvalue weighted by molar-refractivity contribution is 5.86. The highest BCUT2D eigenvalue weighted by Crippen LogP contribution is 1.98. The maximum absolute atomic E-state index is 10.4. The van der Waals surface area contributed by atoms with Gasteiger partial charge in [0.2, 0.25) is 0 Å². The van der Waals surface area contributed by atoms with Crippen molar-refractivity contribution in [3.8, 4) is 0 Å². The Hall–Kier alpha value is -1.39. The van der Waals surface area contributed by atoms with Crippen molar-refractivity contribution >= 4 is 5.97 Å². The van der Waals surface area contributed by atoms with E-state index in [0.29, 0.717) is 6.42 Å². The molecule has 0 amide bonds. The molecule has 10 heavy (non-hydrogen) atoms. The van der Waals surface area contributed by atoms with Crippen molar-refractivity contribution in [3.63, 3.8) is 0 Å².